The molecule has 120 valence electrons. The summed E-state index contributed by atoms with van der Waals surface area (Å²) in [6, 6.07) is 11.8. The number of pyridine rings is 1. The molecule has 4 heteroatoms. The quantitative estimate of drug-likeness (QED) is 0.668. The highest BCUT2D eigenvalue weighted by Gasteiger charge is 2.16. The maximum absolute atomic E-state index is 12.6. The summed E-state index contributed by atoms with van der Waals surface area (Å²) in [5.41, 5.74) is 3.92. The van der Waals surface area contributed by atoms with Crippen molar-refractivity contribution in [1.29, 1.82) is 0 Å². The molecule has 0 N–H and O–H groups in total. The van der Waals surface area contributed by atoms with Crippen LogP contribution in [0.5, 0.6) is 0 Å². The van der Waals surface area contributed by atoms with E-state index in [1.54, 1.807) is 6.07 Å². The second-order valence-electron chi connectivity index (χ2n) is 6.06. The zero-order valence-electron chi connectivity index (χ0n) is 14.0. The molecule has 2 aromatic heterocycles. The van der Waals surface area contributed by atoms with Crippen molar-refractivity contribution in [3.63, 3.8) is 0 Å². The molecule has 4 nitrogen and oxygen atoms in total. The van der Waals surface area contributed by atoms with Crippen LogP contribution in [0.4, 0.5) is 0 Å². The molecular weight excluding hydrogens is 286 g/mol. The van der Waals surface area contributed by atoms with E-state index in [1.807, 2.05) is 53.4 Å². The number of benzene rings is 1. The molecule has 0 radical (unpaired) electrons. The van der Waals surface area contributed by atoms with Gasteiger partial charge < -0.3 is 0 Å². The highest BCUT2D eigenvalue weighted by molar-refractivity contribution is 5.83. The third kappa shape index (κ3) is 2.81. The lowest BCUT2D eigenvalue weighted by atomic mass is 10.1. The topological polar surface area (TPSA) is 39.8 Å². The van der Waals surface area contributed by atoms with Gasteiger partial charge in [0.15, 0.2) is 0 Å². The number of rotatable bonds is 5. The minimum Gasteiger partial charge on any atom is -0.293 e. The van der Waals surface area contributed by atoms with E-state index in [2.05, 4.69) is 6.92 Å². The Labute approximate surface area is 136 Å². The number of hydrogen-bond acceptors (Lipinski definition) is 2. The molecule has 23 heavy (non-hydrogen) atoms. The van der Waals surface area contributed by atoms with Crippen molar-refractivity contribution >= 4 is 11.0 Å². The molecule has 0 spiro atoms. The first-order valence-corrected chi connectivity index (χ1v) is 8.28. The lowest BCUT2D eigenvalue weighted by molar-refractivity contribution is 0.593. The van der Waals surface area contributed by atoms with Gasteiger partial charge in [0, 0.05) is 18.0 Å². The smallest absolute Gasteiger partial charge is 0.252 e. The van der Waals surface area contributed by atoms with Gasteiger partial charge in [0.25, 0.3) is 5.56 Å². The highest BCUT2D eigenvalue weighted by atomic mass is 16.1. The van der Waals surface area contributed by atoms with Gasteiger partial charge in [-0.15, -0.1) is 0 Å². The zero-order chi connectivity index (χ0) is 16.4. The molecule has 3 rings (SSSR count). The molecule has 2 heterocycles. The SMILES string of the molecule is CCCCCn1c(=O)cc(C)c2c(C)nn(-c3ccccc3)c21. The standard InChI is InChI=1S/C19H23N3O/c1-4-5-9-12-21-17(23)13-14(2)18-15(3)20-22(19(18)21)16-10-7-6-8-11-16/h6-8,10-11,13H,4-5,9,12H2,1-3H3. The van der Waals surface area contributed by atoms with Gasteiger partial charge >= 0.3 is 0 Å². The molecular formula is C19H23N3O. The van der Waals surface area contributed by atoms with Crippen molar-refractivity contribution in [3.05, 3.63) is 58.0 Å². The van der Waals surface area contributed by atoms with E-state index in [1.165, 1.54) is 0 Å². The van der Waals surface area contributed by atoms with Crippen LogP contribution < -0.4 is 5.56 Å². The second kappa shape index (κ2) is 6.41. The molecule has 3 aromatic rings. The number of unbranched alkanes of at least 4 members (excludes halogenated alkanes) is 2. The third-order valence-corrected chi connectivity index (χ3v) is 4.28. The zero-order valence-corrected chi connectivity index (χ0v) is 14.0. The van der Waals surface area contributed by atoms with Gasteiger partial charge in [-0.05, 0) is 38.0 Å². The molecule has 0 unspecified atom stereocenters. The Kier molecular flexibility index (Phi) is 4.33. The van der Waals surface area contributed by atoms with Crippen LogP contribution >= 0.6 is 0 Å². The first-order chi connectivity index (χ1) is 11.1. The number of nitrogens with zero attached hydrogens (tertiary/aromatic N) is 3. The molecule has 0 amide bonds. The van der Waals surface area contributed by atoms with E-state index in [0.29, 0.717) is 0 Å². The summed E-state index contributed by atoms with van der Waals surface area (Å²) >= 11 is 0. The van der Waals surface area contributed by atoms with Gasteiger partial charge in [0.1, 0.15) is 5.65 Å². The molecule has 0 atom stereocenters. The fourth-order valence-corrected chi connectivity index (χ4v) is 3.15. The molecule has 0 saturated heterocycles. The first-order valence-electron chi connectivity index (χ1n) is 8.28. The normalized spacial score (nSPS) is 11.3. The molecule has 0 aliphatic heterocycles. The fourth-order valence-electron chi connectivity index (χ4n) is 3.15. The van der Waals surface area contributed by atoms with Crippen molar-refractivity contribution in [2.24, 2.45) is 0 Å². The summed E-state index contributed by atoms with van der Waals surface area (Å²) in [7, 11) is 0. The summed E-state index contributed by atoms with van der Waals surface area (Å²) in [5.74, 6) is 0. The maximum Gasteiger partial charge on any atom is 0.252 e. The monoisotopic (exact) mass is 309 g/mol. The minimum absolute atomic E-state index is 0.0585. The Morgan fingerprint density at radius 1 is 1.09 bits per heavy atom. The van der Waals surface area contributed by atoms with Gasteiger partial charge in [-0.3, -0.25) is 9.36 Å². The van der Waals surface area contributed by atoms with Gasteiger partial charge in [0.2, 0.25) is 0 Å². The van der Waals surface area contributed by atoms with E-state index < -0.39 is 0 Å². The molecule has 0 fully saturated rings. The van der Waals surface area contributed by atoms with E-state index in [4.69, 9.17) is 5.10 Å². The molecule has 0 saturated carbocycles. The third-order valence-electron chi connectivity index (χ3n) is 4.28. The summed E-state index contributed by atoms with van der Waals surface area (Å²) in [6.45, 7) is 6.91. The van der Waals surface area contributed by atoms with Crippen LogP contribution in [0.25, 0.3) is 16.7 Å². The van der Waals surface area contributed by atoms with Crippen molar-refractivity contribution in [2.45, 2.75) is 46.6 Å². The lowest BCUT2D eigenvalue weighted by Gasteiger charge is -2.12. The van der Waals surface area contributed by atoms with Crippen molar-refractivity contribution in [1.82, 2.24) is 14.3 Å². The summed E-state index contributed by atoms with van der Waals surface area (Å²) in [5, 5.41) is 5.80. The van der Waals surface area contributed by atoms with Crippen molar-refractivity contribution in [3.8, 4) is 5.69 Å². The molecule has 0 aliphatic carbocycles. The van der Waals surface area contributed by atoms with Crippen LogP contribution in [-0.4, -0.2) is 14.3 Å². The Balaban J connectivity index is 2.27. The number of aromatic nitrogens is 3. The average molecular weight is 309 g/mol. The first kappa shape index (κ1) is 15.5. The fraction of sp³-hybridized carbons (Fsp3) is 0.368. The Morgan fingerprint density at radius 2 is 1.83 bits per heavy atom. The van der Waals surface area contributed by atoms with E-state index >= 15 is 0 Å². The number of para-hydroxylation sites is 1. The summed E-state index contributed by atoms with van der Waals surface area (Å²) < 4.78 is 3.79. The van der Waals surface area contributed by atoms with Crippen LogP contribution in [0.1, 0.15) is 37.4 Å². The van der Waals surface area contributed by atoms with Crippen LogP contribution in [0.2, 0.25) is 0 Å². The van der Waals surface area contributed by atoms with E-state index in [9.17, 15) is 4.79 Å². The van der Waals surface area contributed by atoms with E-state index in [0.717, 1.165) is 53.8 Å². The minimum atomic E-state index is 0.0585. The van der Waals surface area contributed by atoms with Crippen LogP contribution in [0.15, 0.2) is 41.2 Å². The molecule has 1 aromatic carbocycles. The van der Waals surface area contributed by atoms with Gasteiger partial charge in [0.05, 0.1) is 11.4 Å². The lowest BCUT2D eigenvalue weighted by Crippen LogP contribution is -2.22. The van der Waals surface area contributed by atoms with Gasteiger partial charge in [-0.2, -0.15) is 5.10 Å². The van der Waals surface area contributed by atoms with Crippen molar-refractivity contribution in [2.75, 3.05) is 0 Å². The largest absolute Gasteiger partial charge is 0.293 e. The second-order valence-corrected chi connectivity index (χ2v) is 6.06. The maximum atomic E-state index is 12.6. The Bertz CT molecular complexity index is 875. The molecule has 0 bridgehead atoms. The average Bonchev–Trinajstić information content (AvgIpc) is 2.89. The van der Waals surface area contributed by atoms with Crippen LogP contribution in [0, 0.1) is 13.8 Å². The Hall–Kier alpha value is -2.36. The number of hydrogen-bond donors (Lipinski definition) is 0. The highest BCUT2D eigenvalue weighted by Crippen LogP contribution is 2.24. The number of aryl methyl sites for hydroxylation is 3. The number of fused-ring (bicyclic) bond motifs is 1. The molecule has 0 aliphatic rings. The van der Waals surface area contributed by atoms with Crippen LogP contribution in [-0.2, 0) is 6.54 Å². The van der Waals surface area contributed by atoms with Gasteiger partial charge in [-0.25, -0.2) is 4.68 Å². The van der Waals surface area contributed by atoms with E-state index in [-0.39, 0.29) is 5.56 Å². The predicted octanol–water partition coefficient (Wildman–Crippen LogP) is 3.99. The Morgan fingerprint density at radius 3 is 2.52 bits per heavy atom. The summed E-state index contributed by atoms with van der Waals surface area (Å²) in [6.07, 6.45) is 3.27. The van der Waals surface area contributed by atoms with Crippen LogP contribution in [0.3, 0.4) is 0 Å². The predicted molar refractivity (Wildman–Crippen MR) is 94.3 cm³/mol. The van der Waals surface area contributed by atoms with Gasteiger partial charge in [-0.1, -0.05) is 38.0 Å². The van der Waals surface area contributed by atoms with Crippen molar-refractivity contribution < 1.29 is 0 Å². The summed E-state index contributed by atoms with van der Waals surface area (Å²) in [4.78, 5) is 12.6.